The Kier molecular flexibility index (Phi) is 3.01. The van der Waals surface area contributed by atoms with E-state index in [1.54, 1.807) is 13.8 Å². The van der Waals surface area contributed by atoms with Crippen LogP contribution in [0, 0.1) is 0 Å². The topological polar surface area (TPSA) is 87.0 Å². The van der Waals surface area contributed by atoms with E-state index in [1.807, 2.05) is 0 Å². The Bertz CT molecular complexity index is 341. The van der Waals surface area contributed by atoms with Crippen LogP contribution in [0.5, 0.6) is 0 Å². The minimum atomic E-state index is -1.88. The van der Waals surface area contributed by atoms with Gasteiger partial charge in [-0.3, -0.25) is 4.79 Å². The smallest absolute Gasteiger partial charge is 0.161 e. The molecule has 5 heteroatoms. The molecule has 0 radical (unpaired) electrons. The largest absolute Gasteiger partial charge is 0.384 e. The molecular weight excluding hydrogens is 224 g/mol. The van der Waals surface area contributed by atoms with Crippen LogP contribution in [0.25, 0.3) is 0 Å². The van der Waals surface area contributed by atoms with Gasteiger partial charge >= 0.3 is 0 Å². The molecule has 0 saturated carbocycles. The highest BCUT2D eigenvalue weighted by Crippen LogP contribution is 2.48. The first kappa shape index (κ1) is 14.6. The minimum absolute atomic E-state index is 0.390. The lowest BCUT2D eigenvalue weighted by Crippen LogP contribution is -2.80. The summed E-state index contributed by atoms with van der Waals surface area (Å²) in [6, 6.07) is 0. The van der Waals surface area contributed by atoms with Crippen molar-refractivity contribution in [2.24, 2.45) is 0 Å². The van der Waals surface area contributed by atoms with Crippen molar-refractivity contribution >= 4 is 5.78 Å². The lowest BCUT2D eigenvalue weighted by atomic mass is 9.62. The van der Waals surface area contributed by atoms with Crippen molar-refractivity contribution in [2.75, 3.05) is 0 Å². The van der Waals surface area contributed by atoms with Crippen LogP contribution in [0.15, 0.2) is 0 Å². The van der Waals surface area contributed by atoms with Gasteiger partial charge in [0.25, 0.3) is 0 Å². The summed E-state index contributed by atoms with van der Waals surface area (Å²) in [7, 11) is 0. The molecule has 2 unspecified atom stereocenters. The normalized spacial score (nSPS) is 50.1. The summed E-state index contributed by atoms with van der Waals surface area (Å²) in [6.45, 7) is 8.43. The Morgan fingerprint density at radius 3 is 1.76 bits per heavy atom. The number of Topliss-reactive ketones (excluding diaryl/α,β-unsaturated/α-hetero) is 1. The third-order valence-electron chi connectivity index (χ3n) is 4.40. The summed E-state index contributed by atoms with van der Waals surface area (Å²) in [5.74, 6) is -0.390. The van der Waals surface area contributed by atoms with Crippen molar-refractivity contribution in [1.29, 1.82) is 0 Å². The molecule has 0 aromatic heterocycles. The highest BCUT2D eigenvalue weighted by Gasteiger charge is 2.69. The van der Waals surface area contributed by atoms with Crippen LogP contribution in [-0.2, 0) is 9.53 Å². The molecule has 0 bridgehead atoms. The zero-order valence-corrected chi connectivity index (χ0v) is 11.2. The second kappa shape index (κ2) is 3.51. The molecule has 0 spiro atoms. The first-order chi connectivity index (χ1) is 7.29. The number of carbonyl (C=O) groups excluding carboxylic acids is 1. The summed E-state index contributed by atoms with van der Waals surface area (Å²) >= 11 is 0. The Hall–Kier alpha value is -0.490. The van der Waals surface area contributed by atoms with Crippen molar-refractivity contribution in [3.05, 3.63) is 0 Å². The predicted octanol–water partition coefficient (Wildman–Crippen LogP) is 0.00580. The van der Waals surface area contributed by atoms with Crippen LogP contribution < -0.4 is 0 Å². The zero-order valence-electron chi connectivity index (χ0n) is 11.2. The fourth-order valence-electron chi connectivity index (χ4n) is 2.34. The summed E-state index contributed by atoms with van der Waals surface area (Å²) < 4.78 is 5.49. The first-order valence-corrected chi connectivity index (χ1v) is 5.64. The van der Waals surface area contributed by atoms with Crippen molar-refractivity contribution < 1.29 is 24.9 Å². The number of rotatable bonds is 1. The SMILES string of the molecule is CC(=O)C1OC(C)(C)[C@@](C)(O)C(C)(O)[C@]1(C)O. The lowest BCUT2D eigenvalue weighted by Gasteiger charge is -2.60. The molecule has 1 fully saturated rings. The van der Waals surface area contributed by atoms with E-state index in [4.69, 9.17) is 4.74 Å². The van der Waals surface area contributed by atoms with Gasteiger partial charge in [0.1, 0.15) is 22.9 Å². The molecule has 5 nitrogen and oxygen atoms in total. The minimum Gasteiger partial charge on any atom is -0.384 e. The van der Waals surface area contributed by atoms with Gasteiger partial charge in [0.2, 0.25) is 0 Å². The van der Waals surface area contributed by atoms with Gasteiger partial charge in [-0.1, -0.05) is 0 Å². The van der Waals surface area contributed by atoms with Crippen LogP contribution in [-0.4, -0.2) is 49.6 Å². The lowest BCUT2D eigenvalue weighted by molar-refractivity contribution is -0.357. The molecule has 0 amide bonds. The molecular formula is C12H22O5. The van der Waals surface area contributed by atoms with E-state index in [-0.39, 0.29) is 5.78 Å². The second-order valence-electron chi connectivity index (χ2n) is 5.91. The number of aliphatic hydroxyl groups is 3. The van der Waals surface area contributed by atoms with E-state index < -0.39 is 28.5 Å². The van der Waals surface area contributed by atoms with E-state index >= 15 is 0 Å². The van der Waals surface area contributed by atoms with Gasteiger partial charge in [-0.05, 0) is 41.5 Å². The van der Waals surface area contributed by atoms with Crippen LogP contribution in [0.4, 0.5) is 0 Å². The van der Waals surface area contributed by atoms with Gasteiger partial charge in [-0.15, -0.1) is 0 Å². The Balaban J connectivity index is 3.39. The second-order valence-corrected chi connectivity index (χ2v) is 5.91. The van der Waals surface area contributed by atoms with E-state index in [0.717, 1.165) is 0 Å². The van der Waals surface area contributed by atoms with Gasteiger partial charge in [0.15, 0.2) is 5.78 Å². The number of ketones is 1. The molecule has 1 rings (SSSR count). The average Bonchev–Trinajstić information content (AvgIpc) is 2.11. The van der Waals surface area contributed by atoms with E-state index in [9.17, 15) is 20.1 Å². The molecule has 0 aromatic rings. The van der Waals surface area contributed by atoms with Crippen molar-refractivity contribution in [2.45, 2.75) is 70.1 Å². The average molecular weight is 246 g/mol. The summed E-state index contributed by atoms with van der Waals surface area (Å²) in [5, 5.41) is 31.2. The molecule has 1 heterocycles. The van der Waals surface area contributed by atoms with Gasteiger partial charge < -0.3 is 20.1 Å². The van der Waals surface area contributed by atoms with Crippen molar-refractivity contribution in [3.63, 3.8) is 0 Å². The fourth-order valence-corrected chi connectivity index (χ4v) is 2.34. The van der Waals surface area contributed by atoms with E-state index in [2.05, 4.69) is 0 Å². The molecule has 1 aliphatic rings. The summed E-state index contributed by atoms with van der Waals surface area (Å²) in [6.07, 6.45) is -1.17. The predicted molar refractivity (Wildman–Crippen MR) is 61.5 cm³/mol. The van der Waals surface area contributed by atoms with Crippen LogP contribution in [0.1, 0.15) is 41.5 Å². The quantitative estimate of drug-likeness (QED) is 0.606. The summed E-state index contributed by atoms with van der Waals surface area (Å²) in [5.41, 5.74) is -6.60. The Morgan fingerprint density at radius 2 is 1.41 bits per heavy atom. The molecule has 4 atom stereocenters. The Morgan fingerprint density at radius 1 is 1.00 bits per heavy atom. The maximum absolute atomic E-state index is 11.5. The molecule has 17 heavy (non-hydrogen) atoms. The van der Waals surface area contributed by atoms with Crippen molar-refractivity contribution in [3.8, 4) is 0 Å². The number of hydrogen-bond acceptors (Lipinski definition) is 5. The van der Waals surface area contributed by atoms with Gasteiger partial charge in [0.05, 0.1) is 5.60 Å². The molecule has 1 aliphatic heterocycles. The Labute approximate surface area is 101 Å². The molecule has 0 aliphatic carbocycles. The van der Waals surface area contributed by atoms with Crippen LogP contribution >= 0.6 is 0 Å². The van der Waals surface area contributed by atoms with E-state index in [0.29, 0.717) is 0 Å². The van der Waals surface area contributed by atoms with E-state index in [1.165, 1.54) is 27.7 Å². The summed E-state index contributed by atoms with van der Waals surface area (Å²) in [4.78, 5) is 11.5. The fraction of sp³-hybridized carbons (Fsp3) is 0.917. The van der Waals surface area contributed by atoms with Gasteiger partial charge in [-0.25, -0.2) is 0 Å². The molecule has 100 valence electrons. The molecule has 3 N–H and O–H groups in total. The maximum atomic E-state index is 11.5. The van der Waals surface area contributed by atoms with Gasteiger partial charge in [0, 0.05) is 0 Å². The molecule has 1 saturated heterocycles. The standard InChI is InChI=1S/C12H22O5/c1-7(13)8-10(4,14)12(6,16)11(5,15)9(2,3)17-8/h8,14-16H,1-6H3/t8?,10-,11-,12?/m1/s1. The highest BCUT2D eigenvalue weighted by atomic mass is 16.6. The monoisotopic (exact) mass is 246 g/mol. The van der Waals surface area contributed by atoms with Crippen LogP contribution in [0.2, 0.25) is 0 Å². The third kappa shape index (κ3) is 1.64. The number of hydrogen-bond donors (Lipinski definition) is 3. The molecule has 0 aromatic carbocycles. The van der Waals surface area contributed by atoms with Gasteiger partial charge in [-0.2, -0.15) is 0 Å². The van der Waals surface area contributed by atoms with Crippen LogP contribution in [0.3, 0.4) is 0 Å². The third-order valence-corrected chi connectivity index (χ3v) is 4.40. The number of ether oxygens (including phenoxy) is 1. The number of carbonyl (C=O) groups is 1. The maximum Gasteiger partial charge on any atom is 0.161 e. The zero-order chi connectivity index (χ0) is 13.9. The highest BCUT2D eigenvalue weighted by molar-refractivity contribution is 5.82. The first-order valence-electron chi connectivity index (χ1n) is 5.64. The van der Waals surface area contributed by atoms with Crippen molar-refractivity contribution in [1.82, 2.24) is 0 Å².